The Labute approximate surface area is 167 Å². The van der Waals surface area contributed by atoms with Gasteiger partial charge in [-0.25, -0.2) is 0 Å². The highest BCUT2D eigenvalue weighted by Gasteiger charge is 2.60. The van der Waals surface area contributed by atoms with Crippen molar-refractivity contribution in [1.82, 2.24) is 0 Å². The Morgan fingerprint density at radius 3 is 2.46 bits per heavy atom. The fourth-order valence-corrected chi connectivity index (χ4v) is 7.16. The number of hydrogen-bond donors (Lipinski definition) is 0. The summed E-state index contributed by atoms with van der Waals surface area (Å²) in [5, 5.41) is 0. The number of para-hydroxylation sites is 1. The molecule has 3 aromatic carbocycles. The van der Waals surface area contributed by atoms with Crippen LogP contribution in [0.4, 0.5) is 11.4 Å². The lowest BCUT2D eigenvalue weighted by atomic mass is 9.37. The first kappa shape index (κ1) is 15.4. The first-order valence-corrected chi connectivity index (χ1v) is 10.8. The topological polar surface area (TPSA) is 3.24 Å². The molecule has 3 heterocycles. The smallest absolute Gasteiger partial charge is 0.248 e. The van der Waals surface area contributed by atoms with Crippen LogP contribution in [0.3, 0.4) is 0 Å². The number of nitrogens with zero attached hydrogens (tertiary/aromatic N) is 1. The van der Waals surface area contributed by atoms with E-state index >= 15 is 0 Å². The third-order valence-electron chi connectivity index (χ3n) is 8.64. The number of rotatable bonds is 0. The maximum atomic E-state index is 2.78. The molecule has 0 N–H and O–H groups in total. The zero-order valence-electron chi connectivity index (χ0n) is 16.6. The molecule has 3 aliphatic heterocycles. The predicted octanol–water partition coefficient (Wildman–Crippen LogP) is 4.24. The van der Waals surface area contributed by atoms with Gasteiger partial charge in [0.1, 0.15) is 0 Å². The van der Waals surface area contributed by atoms with E-state index in [0.717, 1.165) is 0 Å². The van der Waals surface area contributed by atoms with E-state index in [4.69, 9.17) is 0 Å². The summed E-state index contributed by atoms with van der Waals surface area (Å²) in [6.45, 7) is 5.47. The molecule has 3 aromatic rings. The Morgan fingerprint density at radius 2 is 1.54 bits per heavy atom. The van der Waals surface area contributed by atoms with Gasteiger partial charge in [0.15, 0.2) is 0 Å². The molecule has 2 unspecified atom stereocenters. The minimum atomic E-state index is 0.165. The molecule has 7 rings (SSSR count). The molecule has 0 spiro atoms. The van der Waals surface area contributed by atoms with Crippen LogP contribution in [0.2, 0.25) is 0 Å². The molecule has 4 aliphatic rings. The summed E-state index contributed by atoms with van der Waals surface area (Å²) in [6, 6.07) is 23.2. The number of fused-ring (bicyclic) bond motifs is 8. The van der Waals surface area contributed by atoms with E-state index < -0.39 is 0 Å². The van der Waals surface area contributed by atoms with Gasteiger partial charge in [-0.1, -0.05) is 79.8 Å². The lowest BCUT2D eigenvalue weighted by Crippen LogP contribution is -2.60. The van der Waals surface area contributed by atoms with Crippen molar-refractivity contribution in [2.24, 2.45) is 0 Å². The van der Waals surface area contributed by atoms with Crippen LogP contribution in [0.25, 0.3) is 11.1 Å². The van der Waals surface area contributed by atoms with Crippen LogP contribution in [0.1, 0.15) is 45.1 Å². The molecule has 1 nitrogen and oxygen atoms in total. The quantitative estimate of drug-likeness (QED) is 0.424. The average molecular weight is 361 g/mol. The molecular weight excluding hydrogens is 337 g/mol. The molecule has 1 saturated carbocycles. The highest BCUT2D eigenvalue weighted by Crippen LogP contribution is 2.61. The molecular formula is C26H24BN. The van der Waals surface area contributed by atoms with Gasteiger partial charge < -0.3 is 4.90 Å². The molecule has 0 radical (unpaired) electrons. The molecule has 1 aliphatic carbocycles. The fourth-order valence-electron chi connectivity index (χ4n) is 7.16. The minimum Gasteiger partial charge on any atom is -0.335 e. The summed E-state index contributed by atoms with van der Waals surface area (Å²) in [6.07, 6.45) is 5.26. The standard InChI is InChI=1S/C26H24BN/c1-25-15-5-6-16-26(25,2)28-22-14-7-10-18-17-9-3-4-12-20(17)27(23(18)22)21-13-8-11-19(25)24(21)28/h3-4,7-14H,5-6,15-16H2,1-2H3. The summed E-state index contributed by atoms with van der Waals surface area (Å²) in [5.74, 6) is 0. The molecule has 136 valence electrons. The van der Waals surface area contributed by atoms with Crippen molar-refractivity contribution < 1.29 is 0 Å². The van der Waals surface area contributed by atoms with Gasteiger partial charge in [0.2, 0.25) is 6.71 Å². The second-order valence-electron chi connectivity index (χ2n) is 9.65. The highest BCUT2D eigenvalue weighted by atomic mass is 15.3. The Morgan fingerprint density at radius 1 is 0.786 bits per heavy atom. The molecule has 0 saturated heterocycles. The molecule has 2 heteroatoms. The SMILES string of the molecule is CC12CCCCC1(C)N1c3cccc4c3B(c3ccccc3-4)c3cccc2c31. The van der Waals surface area contributed by atoms with Gasteiger partial charge in [0.05, 0.1) is 5.54 Å². The van der Waals surface area contributed by atoms with Crippen molar-refractivity contribution in [1.29, 1.82) is 0 Å². The van der Waals surface area contributed by atoms with Crippen molar-refractivity contribution in [3.63, 3.8) is 0 Å². The third-order valence-corrected chi connectivity index (χ3v) is 8.64. The number of anilines is 2. The summed E-state index contributed by atoms with van der Waals surface area (Å²) in [7, 11) is 0. The maximum absolute atomic E-state index is 2.78. The van der Waals surface area contributed by atoms with Gasteiger partial charge in [-0.15, -0.1) is 0 Å². The van der Waals surface area contributed by atoms with Crippen molar-refractivity contribution in [2.45, 2.75) is 50.5 Å². The van der Waals surface area contributed by atoms with Crippen LogP contribution in [0.5, 0.6) is 0 Å². The Kier molecular flexibility index (Phi) is 2.61. The largest absolute Gasteiger partial charge is 0.335 e. The van der Waals surface area contributed by atoms with Gasteiger partial charge in [0, 0.05) is 16.8 Å². The lowest BCUT2D eigenvalue weighted by Gasteiger charge is -2.51. The van der Waals surface area contributed by atoms with E-state index in [1.807, 2.05) is 0 Å². The zero-order valence-corrected chi connectivity index (χ0v) is 16.6. The second-order valence-corrected chi connectivity index (χ2v) is 9.65. The molecule has 1 fully saturated rings. The van der Waals surface area contributed by atoms with E-state index in [1.54, 1.807) is 11.0 Å². The third kappa shape index (κ3) is 1.46. The van der Waals surface area contributed by atoms with Crippen molar-refractivity contribution in [3.8, 4) is 11.1 Å². The van der Waals surface area contributed by atoms with Crippen molar-refractivity contribution in [2.75, 3.05) is 4.90 Å². The average Bonchev–Trinajstić information content (AvgIpc) is 3.16. The Balaban J connectivity index is 1.64. The molecule has 2 atom stereocenters. The normalized spacial score (nSPS) is 27.9. The van der Waals surface area contributed by atoms with Gasteiger partial charge >= 0.3 is 0 Å². The van der Waals surface area contributed by atoms with E-state index in [9.17, 15) is 0 Å². The molecule has 0 aromatic heterocycles. The van der Waals surface area contributed by atoms with Crippen molar-refractivity contribution >= 4 is 34.5 Å². The fraction of sp³-hybridized carbons (Fsp3) is 0.308. The maximum Gasteiger partial charge on any atom is 0.248 e. The first-order chi connectivity index (χ1) is 13.7. The minimum absolute atomic E-state index is 0.165. The zero-order chi connectivity index (χ0) is 18.7. The van der Waals surface area contributed by atoms with Gasteiger partial charge in [0.25, 0.3) is 0 Å². The van der Waals surface area contributed by atoms with Gasteiger partial charge in [-0.3, -0.25) is 0 Å². The van der Waals surface area contributed by atoms with E-state index in [2.05, 4.69) is 79.4 Å². The molecule has 0 bridgehead atoms. The van der Waals surface area contributed by atoms with Crippen LogP contribution in [0.15, 0.2) is 60.7 Å². The van der Waals surface area contributed by atoms with Gasteiger partial charge in [-0.05, 0) is 53.4 Å². The van der Waals surface area contributed by atoms with E-state index in [-0.39, 0.29) is 11.0 Å². The highest BCUT2D eigenvalue weighted by molar-refractivity contribution is 7.01. The Hall–Kier alpha value is -2.48. The Bertz CT molecular complexity index is 1180. The molecule has 28 heavy (non-hydrogen) atoms. The van der Waals surface area contributed by atoms with Crippen molar-refractivity contribution in [3.05, 3.63) is 66.2 Å². The summed E-state index contributed by atoms with van der Waals surface area (Å²) in [4.78, 5) is 2.78. The number of hydrogen-bond acceptors (Lipinski definition) is 1. The predicted molar refractivity (Wildman–Crippen MR) is 119 cm³/mol. The van der Waals surface area contributed by atoms with E-state index in [1.165, 1.54) is 59.1 Å². The second kappa shape index (κ2) is 4.74. The van der Waals surface area contributed by atoms with Crippen LogP contribution >= 0.6 is 0 Å². The van der Waals surface area contributed by atoms with Gasteiger partial charge in [-0.2, -0.15) is 0 Å². The molecule has 0 amide bonds. The van der Waals surface area contributed by atoms with Crippen LogP contribution in [-0.2, 0) is 5.41 Å². The summed E-state index contributed by atoms with van der Waals surface area (Å²) >= 11 is 0. The van der Waals surface area contributed by atoms with Crippen LogP contribution in [-0.4, -0.2) is 12.3 Å². The van der Waals surface area contributed by atoms with Crippen LogP contribution < -0.4 is 21.3 Å². The first-order valence-electron chi connectivity index (χ1n) is 10.8. The summed E-state index contributed by atoms with van der Waals surface area (Å²) in [5.41, 5.74) is 12.4. The lowest BCUT2D eigenvalue weighted by molar-refractivity contribution is 0.195. The monoisotopic (exact) mass is 361 g/mol. The van der Waals surface area contributed by atoms with Crippen LogP contribution in [0, 0.1) is 0 Å². The van der Waals surface area contributed by atoms with E-state index in [0.29, 0.717) is 6.71 Å². The number of benzene rings is 3. The summed E-state index contributed by atoms with van der Waals surface area (Å²) < 4.78 is 0.